The van der Waals surface area contributed by atoms with Gasteiger partial charge >= 0.3 is 12.0 Å². The number of methoxy groups -OCH3 is 2. The summed E-state index contributed by atoms with van der Waals surface area (Å²) in [6.45, 7) is 4.47. The Morgan fingerprint density at radius 3 is 2.48 bits per heavy atom. The van der Waals surface area contributed by atoms with E-state index >= 15 is 0 Å². The number of amides is 2. The predicted molar refractivity (Wildman–Crippen MR) is 108 cm³/mol. The third-order valence-corrected chi connectivity index (χ3v) is 5.39. The minimum absolute atomic E-state index is 0.257. The van der Waals surface area contributed by atoms with Crippen LogP contribution in [0.2, 0.25) is 0 Å². The number of rotatable bonds is 7. The number of likely N-dealkylation sites (N-methyl/N-ethyl adjacent to an activating group) is 1. The fourth-order valence-electron chi connectivity index (χ4n) is 3.83. The lowest BCUT2D eigenvalue weighted by atomic mass is 9.94. The molecule has 0 aromatic heterocycles. The summed E-state index contributed by atoms with van der Waals surface area (Å²) in [4.78, 5) is 29.5. The minimum Gasteiger partial charge on any atom is -0.493 e. The number of esters is 1. The first-order valence-corrected chi connectivity index (χ1v) is 9.88. The first kappa shape index (κ1) is 21.0. The highest BCUT2D eigenvalue weighted by Gasteiger charge is 2.37. The van der Waals surface area contributed by atoms with Gasteiger partial charge in [-0.05, 0) is 50.6 Å². The Kier molecular flexibility index (Phi) is 6.64. The van der Waals surface area contributed by atoms with Crippen LogP contribution in [0.3, 0.4) is 0 Å². The molecule has 1 N–H and O–H groups in total. The molecule has 2 aliphatic heterocycles. The Hall–Kier alpha value is -2.74. The molecule has 2 heterocycles. The molecule has 29 heavy (non-hydrogen) atoms. The van der Waals surface area contributed by atoms with E-state index in [1.54, 1.807) is 40.3 Å². The van der Waals surface area contributed by atoms with E-state index in [2.05, 4.69) is 10.2 Å². The van der Waals surface area contributed by atoms with Gasteiger partial charge in [0.05, 0.1) is 32.4 Å². The summed E-state index contributed by atoms with van der Waals surface area (Å²) in [6.07, 6.45) is 2.24. The van der Waals surface area contributed by atoms with Crippen LogP contribution in [-0.4, -0.2) is 69.3 Å². The van der Waals surface area contributed by atoms with Gasteiger partial charge in [-0.25, -0.2) is 9.59 Å². The average Bonchev–Trinajstić information content (AvgIpc) is 3.24. The van der Waals surface area contributed by atoms with E-state index in [-0.39, 0.29) is 12.6 Å². The molecule has 158 valence electrons. The average molecular weight is 403 g/mol. The lowest BCUT2D eigenvalue weighted by molar-refractivity contribution is -0.139. The maximum absolute atomic E-state index is 13.0. The molecule has 0 aliphatic carbocycles. The number of nitrogens with one attached hydrogen (secondary N) is 1. The van der Waals surface area contributed by atoms with Crippen LogP contribution in [0.15, 0.2) is 29.5 Å². The third-order valence-electron chi connectivity index (χ3n) is 5.39. The summed E-state index contributed by atoms with van der Waals surface area (Å²) in [7, 11) is 4.80. The third kappa shape index (κ3) is 4.32. The van der Waals surface area contributed by atoms with Crippen molar-refractivity contribution in [2.24, 2.45) is 0 Å². The number of benzene rings is 1. The van der Waals surface area contributed by atoms with Crippen molar-refractivity contribution in [3.8, 4) is 11.5 Å². The first-order valence-electron chi connectivity index (χ1n) is 9.88. The molecule has 0 spiro atoms. The van der Waals surface area contributed by atoms with Crippen molar-refractivity contribution < 1.29 is 23.8 Å². The fraction of sp³-hybridized carbons (Fsp3) is 0.524. The van der Waals surface area contributed by atoms with Gasteiger partial charge in [0.25, 0.3) is 0 Å². The zero-order valence-corrected chi connectivity index (χ0v) is 17.5. The van der Waals surface area contributed by atoms with Gasteiger partial charge in [0.15, 0.2) is 11.5 Å². The number of nitrogens with zero attached hydrogens (tertiary/aromatic N) is 2. The second-order valence-corrected chi connectivity index (χ2v) is 7.12. The van der Waals surface area contributed by atoms with E-state index < -0.39 is 12.0 Å². The van der Waals surface area contributed by atoms with Crippen LogP contribution in [0.5, 0.6) is 11.5 Å². The molecule has 8 nitrogen and oxygen atoms in total. The van der Waals surface area contributed by atoms with Gasteiger partial charge in [-0.3, -0.25) is 9.80 Å². The van der Waals surface area contributed by atoms with E-state index in [4.69, 9.17) is 14.2 Å². The maximum atomic E-state index is 13.0. The second-order valence-electron chi connectivity index (χ2n) is 7.12. The van der Waals surface area contributed by atoms with Crippen LogP contribution >= 0.6 is 0 Å². The molecular formula is C21H29N3O5. The van der Waals surface area contributed by atoms with Gasteiger partial charge in [0.2, 0.25) is 0 Å². The second kappa shape index (κ2) is 9.17. The van der Waals surface area contributed by atoms with E-state index in [0.29, 0.717) is 29.3 Å². The standard InChI is InChI=1S/C21H29N3O5/c1-5-29-20(25)18-15(13-24-10-6-7-11-24)23(2)21(26)22-19(18)14-8-9-16(27-3)17(12-14)28-4/h8-9,12,19H,5-7,10-11,13H2,1-4H3,(H,22,26). The highest BCUT2D eigenvalue weighted by molar-refractivity contribution is 5.95. The Morgan fingerprint density at radius 2 is 1.86 bits per heavy atom. The molecule has 1 unspecified atom stereocenters. The Bertz CT molecular complexity index is 802. The molecule has 1 aromatic carbocycles. The zero-order valence-electron chi connectivity index (χ0n) is 17.5. The maximum Gasteiger partial charge on any atom is 0.338 e. The van der Waals surface area contributed by atoms with Crippen molar-refractivity contribution in [3.63, 3.8) is 0 Å². The number of ether oxygens (including phenoxy) is 3. The summed E-state index contributed by atoms with van der Waals surface area (Å²) in [6, 6.07) is 4.48. The van der Waals surface area contributed by atoms with Gasteiger partial charge in [-0.2, -0.15) is 0 Å². The molecule has 1 saturated heterocycles. The molecule has 0 saturated carbocycles. The number of carbonyl (C=O) groups is 2. The van der Waals surface area contributed by atoms with E-state index in [0.717, 1.165) is 31.5 Å². The van der Waals surface area contributed by atoms with Crippen LogP contribution in [-0.2, 0) is 9.53 Å². The van der Waals surface area contributed by atoms with Gasteiger partial charge < -0.3 is 19.5 Å². The molecule has 0 bridgehead atoms. The van der Waals surface area contributed by atoms with Gasteiger partial charge in [0, 0.05) is 19.3 Å². The van der Waals surface area contributed by atoms with Crippen molar-refractivity contribution in [1.29, 1.82) is 0 Å². The monoisotopic (exact) mass is 403 g/mol. The number of hydrogen-bond acceptors (Lipinski definition) is 6. The summed E-state index contributed by atoms with van der Waals surface area (Å²) >= 11 is 0. The Labute approximate surface area is 171 Å². The zero-order chi connectivity index (χ0) is 21.0. The first-order chi connectivity index (χ1) is 14.0. The molecule has 1 aromatic rings. The molecular weight excluding hydrogens is 374 g/mol. The molecule has 2 aliphatic rings. The Morgan fingerprint density at radius 1 is 1.17 bits per heavy atom. The summed E-state index contributed by atoms with van der Waals surface area (Å²) in [5.41, 5.74) is 1.85. The fourth-order valence-corrected chi connectivity index (χ4v) is 3.83. The summed E-state index contributed by atoms with van der Waals surface area (Å²) in [5, 5.41) is 2.93. The van der Waals surface area contributed by atoms with Crippen molar-refractivity contribution in [3.05, 3.63) is 35.0 Å². The summed E-state index contributed by atoms with van der Waals surface area (Å²) < 4.78 is 16.1. The van der Waals surface area contributed by atoms with Crippen LogP contribution < -0.4 is 14.8 Å². The quantitative estimate of drug-likeness (QED) is 0.704. The minimum atomic E-state index is -0.629. The lowest BCUT2D eigenvalue weighted by Gasteiger charge is -2.36. The van der Waals surface area contributed by atoms with Crippen LogP contribution in [0.4, 0.5) is 4.79 Å². The van der Waals surface area contributed by atoms with Crippen molar-refractivity contribution >= 4 is 12.0 Å². The highest BCUT2D eigenvalue weighted by atomic mass is 16.5. The molecule has 1 fully saturated rings. The predicted octanol–water partition coefficient (Wildman–Crippen LogP) is 2.31. The number of urea groups is 1. The van der Waals surface area contributed by atoms with Gasteiger partial charge in [-0.15, -0.1) is 0 Å². The largest absolute Gasteiger partial charge is 0.493 e. The number of carbonyl (C=O) groups excluding carboxylic acids is 2. The molecule has 3 rings (SSSR count). The van der Waals surface area contributed by atoms with E-state index in [1.165, 1.54) is 4.90 Å². The molecule has 2 amide bonds. The molecule has 0 radical (unpaired) electrons. The summed E-state index contributed by atoms with van der Waals surface area (Å²) in [5.74, 6) is 0.685. The van der Waals surface area contributed by atoms with Crippen molar-refractivity contribution in [1.82, 2.24) is 15.1 Å². The van der Waals surface area contributed by atoms with E-state index in [9.17, 15) is 9.59 Å². The lowest BCUT2D eigenvalue weighted by Crippen LogP contribution is -2.49. The smallest absolute Gasteiger partial charge is 0.338 e. The van der Waals surface area contributed by atoms with Crippen molar-refractivity contribution in [2.75, 3.05) is 47.5 Å². The number of likely N-dealkylation sites (tertiary alicyclic amines) is 1. The van der Waals surface area contributed by atoms with Gasteiger partial charge in [-0.1, -0.05) is 6.07 Å². The topological polar surface area (TPSA) is 80.3 Å². The van der Waals surface area contributed by atoms with Crippen LogP contribution in [0.25, 0.3) is 0 Å². The molecule has 1 atom stereocenters. The highest BCUT2D eigenvalue weighted by Crippen LogP contribution is 2.36. The van der Waals surface area contributed by atoms with Crippen molar-refractivity contribution in [2.45, 2.75) is 25.8 Å². The van der Waals surface area contributed by atoms with Gasteiger partial charge in [0.1, 0.15) is 0 Å². The molecule has 8 heteroatoms. The van der Waals surface area contributed by atoms with Crippen LogP contribution in [0, 0.1) is 0 Å². The van der Waals surface area contributed by atoms with Crippen LogP contribution in [0.1, 0.15) is 31.4 Å². The SMILES string of the molecule is CCOC(=O)C1=C(CN2CCCC2)N(C)C(=O)NC1c1ccc(OC)c(OC)c1. The van der Waals surface area contributed by atoms with E-state index in [1.807, 2.05) is 6.07 Å². The normalized spacial score (nSPS) is 19.9. The number of hydrogen-bond donors (Lipinski definition) is 1. The Balaban J connectivity index is 2.08.